The number of nitrogens with zero attached hydrogens (tertiary/aromatic N) is 6. The van der Waals surface area contributed by atoms with E-state index in [4.69, 9.17) is 0 Å². The summed E-state index contributed by atoms with van der Waals surface area (Å²) in [6, 6.07) is 15.9. The normalized spacial score (nSPS) is 12.2. The van der Waals surface area contributed by atoms with Crippen LogP contribution in [-0.4, -0.2) is 34.9 Å². The quantitative estimate of drug-likeness (QED) is 0.507. The van der Waals surface area contributed by atoms with E-state index >= 15 is 0 Å². The molecule has 0 bridgehead atoms. The molecule has 0 fully saturated rings. The molecule has 7 nitrogen and oxygen atoms in total. The monoisotopic (exact) mass is 392 g/mol. The lowest BCUT2D eigenvalue weighted by Crippen LogP contribution is -1.98. The molecule has 1 atom stereocenters. The molecule has 0 spiro atoms. The Morgan fingerprint density at radius 3 is 2.64 bits per heavy atom. The third-order valence-electron chi connectivity index (χ3n) is 4.48. The Morgan fingerprint density at radius 2 is 1.93 bits per heavy atom. The highest BCUT2D eigenvalue weighted by Gasteiger charge is 2.13. The Morgan fingerprint density at radius 1 is 1.11 bits per heavy atom. The van der Waals surface area contributed by atoms with Crippen molar-refractivity contribution in [2.75, 3.05) is 0 Å². The number of aryl methyl sites for hydroxylation is 1. The summed E-state index contributed by atoms with van der Waals surface area (Å²) in [6.07, 6.45) is 3.61. The predicted molar refractivity (Wildman–Crippen MR) is 108 cm³/mol. The average Bonchev–Trinajstić information content (AvgIpc) is 3.38. The predicted octanol–water partition coefficient (Wildman–Crippen LogP) is 3.41. The lowest BCUT2D eigenvalue weighted by atomic mass is 10.1. The van der Waals surface area contributed by atoms with Crippen LogP contribution in [0.25, 0.3) is 16.9 Å². The largest absolute Gasteiger partial charge is 0.392 e. The highest BCUT2D eigenvalue weighted by Crippen LogP contribution is 2.33. The van der Waals surface area contributed by atoms with Gasteiger partial charge in [-0.15, -0.1) is 15.3 Å². The molecule has 4 rings (SSSR count). The molecule has 4 aromatic rings. The topological polar surface area (TPSA) is 81.7 Å². The molecule has 2 aromatic carbocycles. The van der Waals surface area contributed by atoms with Gasteiger partial charge in [0.05, 0.1) is 18.5 Å². The summed E-state index contributed by atoms with van der Waals surface area (Å²) >= 11 is 1.66. The zero-order valence-corrected chi connectivity index (χ0v) is 16.4. The number of hydrogen-bond acceptors (Lipinski definition) is 6. The summed E-state index contributed by atoms with van der Waals surface area (Å²) < 4.78 is 3.69. The minimum atomic E-state index is 0.0320. The minimum Gasteiger partial charge on any atom is -0.392 e. The van der Waals surface area contributed by atoms with Gasteiger partial charge >= 0.3 is 0 Å². The molecular formula is C20H20N6OS. The Kier molecular flexibility index (Phi) is 5.23. The van der Waals surface area contributed by atoms with Gasteiger partial charge in [0.2, 0.25) is 0 Å². The van der Waals surface area contributed by atoms with Crippen LogP contribution in [-0.2, 0) is 13.7 Å². The van der Waals surface area contributed by atoms with Gasteiger partial charge in [-0.1, -0.05) is 53.4 Å². The maximum atomic E-state index is 9.18. The smallest absolute Gasteiger partial charge is 0.191 e. The Hall–Kier alpha value is -2.97. The molecular weight excluding hydrogens is 372 g/mol. The lowest BCUT2D eigenvalue weighted by Gasteiger charge is -2.12. The van der Waals surface area contributed by atoms with E-state index in [9.17, 15) is 5.11 Å². The molecule has 28 heavy (non-hydrogen) atoms. The molecule has 0 saturated carbocycles. The fraction of sp³-hybridized carbons (Fsp3) is 0.200. The van der Waals surface area contributed by atoms with Crippen molar-refractivity contribution >= 4 is 11.8 Å². The van der Waals surface area contributed by atoms with Crippen LogP contribution in [0.15, 0.2) is 66.2 Å². The molecule has 8 heteroatoms. The highest BCUT2D eigenvalue weighted by molar-refractivity contribution is 7.99. The van der Waals surface area contributed by atoms with Crippen LogP contribution in [0.2, 0.25) is 0 Å². The summed E-state index contributed by atoms with van der Waals surface area (Å²) in [5, 5.41) is 26.9. The molecule has 2 aromatic heterocycles. The molecule has 0 unspecified atom stereocenters. The molecule has 0 radical (unpaired) electrons. The van der Waals surface area contributed by atoms with Crippen LogP contribution in [0.4, 0.5) is 0 Å². The van der Waals surface area contributed by atoms with E-state index < -0.39 is 0 Å². The van der Waals surface area contributed by atoms with Gasteiger partial charge in [-0.25, -0.2) is 4.68 Å². The zero-order valence-electron chi connectivity index (χ0n) is 15.6. The van der Waals surface area contributed by atoms with Crippen molar-refractivity contribution in [3.05, 3.63) is 72.2 Å². The van der Waals surface area contributed by atoms with Crippen molar-refractivity contribution in [2.24, 2.45) is 7.05 Å². The van der Waals surface area contributed by atoms with Crippen LogP contribution in [0.5, 0.6) is 0 Å². The molecule has 0 saturated heterocycles. The van der Waals surface area contributed by atoms with E-state index in [1.165, 1.54) is 5.56 Å². The second-order valence-electron chi connectivity index (χ2n) is 6.48. The first-order chi connectivity index (χ1) is 13.6. The average molecular weight is 392 g/mol. The van der Waals surface area contributed by atoms with Crippen LogP contribution in [0.3, 0.4) is 0 Å². The molecule has 142 valence electrons. The van der Waals surface area contributed by atoms with Crippen molar-refractivity contribution in [3.8, 4) is 16.9 Å². The van der Waals surface area contributed by atoms with E-state index in [1.807, 2.05) is 54.2 Å². The van der Waals surface area contributed by atoms with E-state index in [0.717, 1.165) is 27.7 Å². The Balaban J connectivity index is 1.56. The SMILES string of the molecule is C[C@H](Sc1nncn1C)c1cccc(-n2cc(-c3ccc(CO)cc3)nn2)c1. The van der Waals surface area contributed by atoms with Gasteiger partial charge in [-0.3, -0.25) is 0 Å². The number of benzene rings is 2. The van der Waals surface area contributed by atoms with Gasteiger partial charge in [-0.2, -0.15) is 0 Å². The first-order valence-corrected chi connectivity index (χ1v) is 9.75. The third kappa shape index (κ3) is 3.83. The van der Waals surface area contributed by atoms with Crippen LogP contribution < -0.4 is 0 Å². The fourth-order valence-electron chi connectivity index (χ4n) is 2.83. The fourth-order valence-corrected chi connectivity index (χ4v) is 3.74. The molecule has 1 N–H and O–H groups in total. The number of aliphatic hydroxyl groups excluding tert-OH is 1. The molecule has 0 aliphatic heterocycles. The van der Waals surface area contributed by atoms with E-state index in [-0.39, 0.29) is 11.9 Å². The number of hydrogen-bond donors (Lipinski definition) is 1. The molecule has 2 heterocycles. The van der Waals surface area contributed by atoms with Crippen molar-refractivity contribution in [1.82, 2.24) is 29.8 Å². The van der Waals surface area contributed by atoms with Crippen molar-refractivity contribution in [2.45, 2.75) is 23.9 Å². The minimum absolute atomic E-state index is 0.0320. The van der Waals surface area contributed by atoms with Gasteiger partial charge in [0.25, 0.3) is 0 Å². The highest BCUT2D eigenvalue weighted by atomic mass is 32.2. The molecule has 0 aliphatic rings. The zero-order chi connectivity index (χ0) is 19.5. The number of aromatic nitrogens is 6. The Labute approximate surface area is 167 Å². The van der Waals surface area contributed by atoms with E-state index in [2.05, 4.69) is 39.6 Å². The van der Waals surface area contributed by atoms with Crippen molar-refractivity contribution in [1.29, 1.82) is 0 Å². The van der Waals surface area contributed by atoms with E-state index in [0.29, 0.717) is 0 Å². The van der Waals surface area contributed by atoms with Gasteiger partial charge in [0, 0.05) is 17.9 Å². The van der Waals surface area contributed by atoms with Crippen LogP contribution in [0.1, 0.15) is 23.3 Å². The first kappa shape index (κ1) is 18.4. The summed E-state index contributed by atoms with van der Waals surface area (Å²) in [7, 11) is 1.94. The summed E-state index contributed by atoms with van der Waals surface area (Å²) in [5.41, 5.74) is 4.75. The van der Waals surface area contributed by atoms with Crippen LogP contribution in [0, 0.1) is 0 Å². The summed E-state index contributed by atoms with van der Waals surface area (Å²) in [5.74, 6) is 0. The maximum absolute atomic E-state index is 9.18. The first-order valence-electron chi connectivity index (χ1n) is 8.87. The standard InChI is InChI=1S/C20H20N6OS/c1-14(28-20-23-21-13-25(20)2)17-4-3-5-18(10-17)26-11-19(22-24-26)16-8-6-15(12-27)7-9-16/h3-11,13-14,27H,12H2,1-2H3/t14-/m0/s1. The Bertz CT molecular complexity index is 1070. The number of rotatable bonds is 6. The van der Waals surface area contributed by atoms with Crippen LogP contribution >= 0.6 is 11.8 Å². The van der Waals surface area contributed by atoms with Crippen molar-refractivity contribution in [3.63, 3.8) is 0 Å². The second-order valence-corrected chi connectivity index (χ2v) is 7.79. The lowest BCUT2D eigenvalue weighted by molar-refractivity contribution is 0.282. The summed E-state index contributed by atoms with van der Waals surface area (Å²) in [4.78, 5) is 0. The number of thioether (sulfide) groups is 1. The molecule has 0 aliphatic carbocycles. The maximum Gasteiger partial charge on any atom is 0.191 e. The third-order valence-corrected chi connectivity index (χ3v) is 5.69. The number of aliphatic hydroxyl groups is 1. The summed E-state index contributed by atoms with van der Waals surface area (Å²) in [6.45, 7) is 2.18. The molecule has 0 amide bonds. The van der Waals surface area contributed by atoms with Gasteiger partial charge in [0.15, 0.2) is 5.16 Å². The van der Waals surface area contributed by atoms with E-state index in [1.54, 1.807) is 22.8 Å². The second kappa shape index (κ2) is 7.95. The van der Waals surface area contributed by atoms with Gasteiger partial charge < -0.3 is 9.67 Å². The van der Waals surface area contributed by atoms with Crippen molar-refractivity contribution < 1.29 is 5.11 Å². The van der Waals surface area contributed by atoms with Gasteiger partial charge in [-0.05, 0) is 30.2 Å². The van der Waals surface area contributed by atoms with Gasteiger partial charge in [0.1, 0.15) is 12.0 Å².